The fraction of sp³-hybridized carbons (Fsp3) is 0.0476. The van der Waals surface area contributed by atoms with Crippen LogP contribution in [0.15, 0.2) is 84.9 Å². The highest BCUT2D eigenvalue weighted by Gasteiger charge is 2.37. The number of nitrogens with zero attached hydrogens (tertiary/aromatic N) is 1. The molecule has 0 spiro atoms. The van der Waals surface area contributed by atoms with Gasteiger partial charge in [-0.1, -0.05) is 60.7 Å². The highest BCUT2D eigenvalue weighted by atomic mass is 16.6. The van der Waals surface area contributed by atoms with E-state index in [0.29, 0.717) is 16.8 Å². The lowest BCUT2D eigenvalue weighted by Crippen LogP contribution is -2.41. The van der Waals surface area contributed by atoms with Crippen molar-refractivity contribution in [2.24, 2.45) is 0 Å². The molecule has 0 saturated heterocycles. The zero-order valence-electron chi connectivity index (χ0n) is 13.3. The van der Waals surface area contributed by atoms with Crippen molar-refractivity contribution in [2.75, 3.05) is 4.90 Å². The van der Waals surface area contributed by atoms with Crippen LogP contribution in [0, 0.1) is 0 Å². The molecule has 4 heteroatoms. The van der Waals surface area contributed by atoms with Gasteiger partial charge in [0.1, 0.15) is 0 Å². The fourth-order valence-corrected chi connectivity index (χ4v) is 2.97. The lowest BCUT2D eigenvalue weighted by molar-refractivity contribution is 0.0249. The van der Waals surface area contributed by atoms with Crippen LogP contribution in [0.1, 0.15) is 32.5 Å². The highest BCUT2D eigenvalue weighted by Crippen LogP contribution is 2.37. The molecule has 3 aromatic rings. The molecule has 0 radical (unpaired) electrons. The molecule has 0 saturated carbocycles. The van der Waals surface area contributed by atoms with Gasteiger partial charge >= 0.3 is 5.97 Å². The summed E-state index contributed by atoms with van der Waals surface area (Å²) < 4.78 is 5.62. The molecule has 25 heavy (non-hydrogen) atoms. The minimum absolute atomic E-state index is 0.214. The molecule has 3 aromatic carbocycles. The number of fused-ring (bicyclic) bond motifs is 1. The largest absolute Gasteiger partial charge is 0.433 e. The number of rotatable bonds is 2. The quantitative estimate of drug-likeness (QED) is 0.662. The van der Waals surface area contributed by atoms with Crippen molar-refractivity contribution >= 4 is 17.6 Å². The van der Waals surface area contributed by atoms with Gasteiger partial charge in [-0.15, -0.1) is 0 Å². The number of hydrogen-bond acceptors (Lipinski definition) is 3. The summed E-state index contributed by atoms with van der Waals surface area (Å²) in [6.07, 6.45) is -0.795. The van der Waals surface area contributed by atoms with E-state index in [1.54, 1.807) is 35.2 Å². The number of hydrogen-bond donors (Lipinski definition) is 0. The van der Waals surface area contributed by atoms with Crippen LogP contribution in [-0.2, 0) is 4.74 Å². The van der Waals surface area contributed by atoms with E-state index >= 15 is 0 Å². The van der Waals surface area contributed by atoms with Crippen LogP contribution in [0.4, 0.5) is 5.69 Å². The first-order valence-electron chi connectivity index (χ1n) is 7.99. The average Bonchev–Trinajstić information content (AvgIpc) is 2.69. The first-order chi connectivity index (χ1) is 12.3. The topological polar surface area (TPSA) is 46.6 Å². The third-order valence-electron chi connectivity index (χ3n) is 4.16. The first-order valence-corrected chi connectivity index (χ1v) is 7.99. The number of anilines is 1. The number of benzene rings is 3. The van der Waals surface area contributed by atoms with Gasteiger partial charge in [-0.3, -0.25) is 9.69 Å². The molecule has 0 bridgehead atoms. The zero-order valence-corrected chi connectivity index (χ0v) is 13.3. The van der Waals surface area contributed by atoms with Gasteiger partial charge in [-0.25, -0.2) is 4.79 Å². The number of ether oxygens (including phenoxy) is 1. The van der Waals surface area contributed by atoms with Gasteiger partial charge in [0.2, 0.25) is 6.23 Å². The molecular weight excluding hydrogens is 314 g/mol. The first kappa shape index (κ1) is 15.1. The molecule has 1 aliphatic rings. The minimum Gasteiger partial charge on any atom is -0.433 e. The van der Waals surface area contributed by atoms with Crippen LogP contribution in [0.25, 0.3) is 0 Å². The van der Waals surface area contributed by atoms with Gasteiger partial charge in [-0.05, 0) is 24.3 Å². The van der Waals surface area contributed by atoms with Crippen LogP contribution in [0.2, 0.25) is 0 Å². The molecule has 1 atom stereocenters. The Morgan fingerprint density at radius 3 is 2.12 bits per heavy atom. The standard InChI is InChI=1S/C21H15NO3/c23-19(15-9-3-1-4-10-15)22-18-14-8-7-13-17(18)21(24)25-20(22)16-11-5-2-6-12-16/h1-14,20H/t20-/m1/s1. The molecule has 4 rings (SSSR count). The lowest BCUT2D eigenvalue weighted by Gasteiger charge is -2.36. The summed E-state index contributed by atoms with van der Waals surface area (Å²) in [5.74, 6) is -0.643. The van der Waals surface area contributed by atoms with Gasteiger partial charge < -0.3 is 4.74 Å². The second-order valence-corrected chi connectivity index (χ2v) is 5.73. The van der Waals surface area contributed by atoms with E-state index in [0.717, 1.165) is 5.56 Å². The van der Waals surface area contributed by atoms with Crippen LogP contribution < -0.4 is 4.90 Å². The number of carbonyl (C=O) groups is 2. The molecule has 0 aliphatic carbocycles. The van der Waals surface area contributed by atoms with E-state index in [9.17, 15) is 9.59 Å². The molecule has 1 aliphatic heterocycles. The Hall–Kier alpha value is -3.40. The molecule has 0 N–H and O–H groups in total. The Balaban J connectivity index is 1.87. The number of amides is 1. The van der Waals surface area contributed by atoms with Gasteiger partial charge in [0, 0.05) is 11.1 Å². The maximum Gasteiger partial charge on any atom is 0.342 e. The van der Waals surface area contributed by atoms with E-state index in [1.807, 2.05) is 54.6 Å². The molecule has 0 aromatic heterocycles. The van der Waals surface area contributed by atoms with Crippen molar-refractivity contribution in [3.8, 4) is 0 Å². The molecule has 122 valence electrons. The number of cyclic esters (lactones) is 1. The van der Waals surface area contributed by atoms with Crippen molar-refractivity contribution in [2.45, 2.75) is 6.23 Å². The van der Waals surface area contributed by atoms with Crippen LogP contribution in [-0.4, -0.2) is 11.9 Å². The summed E-state index contributed by atoms with van der Waals surface area (Å²) >= 11 is 0. The van der Waals surface area contributed by atoms with E-state index in [1.165, 1.54) is 0 Å². The SMILES string of the molecule is O=C1O[C@H](c2ccccc2)N(C(=O)c2ccccc2)c2ccccc21. The van der Waals surface area contributed by atoms with Crippen molar-refractivity contribution in [1.82, 2.24) is 0 Å². The third-order valence-corrected chi connectivity index (χ3v) is 4.16. The minimum atomic E-state index is -0.795. The monoisotopic (exact) mass is 329 g/mol. The summed E-state index contributed by atoms with van der Waals surface area (Å²) in [5.41, 5.74) is 2.23. The van der Waals surface area contributed by atoms with Crippen molar-refractivity contribution in [3.05, 3.63) is 102 Å². The summed E-state index contributed by atoms with van der Waals surface area (Å²) in [7, 11) is 0. The molecular formula is C21H15NO3. The lowest BCUT2D eigenvalue weighted by atomic mass is 10.0. The normalized spacial score (nSPS) is 16.1. The highest BCUT2D eigenvalue weighted by molar-refractivity contribution is 6.11. The predicted octanol–water partition coefficient (Wildman–Crippen LogP) is 4.20. The summed E-state index contributed by atoms with van der Waals surface area (Å²) in [6, 6.07) is 25.3. The van der Waals surface area contributed by atoms with Crippen LogP contribution in [0.5, 0.6) is 0 Å². The summed E-state index contributed by atoms with van der Waals surface area (Å²) in [4.78, 5) is 27.1. The maximum absolute atomic E-state index is 13.2. The zero-order chi connectivity index (χ0) is 17.2. The summed E-state index contributed by atoms with van der Waals surface area (Å²) in [6.45, 7) is 0. The van der Waals surface area contributed by atoms with Crippen molar-refractivity contribution in [3.63, 3.8) is 0 Å². The fourth-order valence-electron chi connectivity index (χ4n) is 2.97. The predicted molar refractivity (Wildman–Crippen MR) is 94.3 cm³/mol. The van der Waals surface area contributed by atoms with Gasteiger partial charge in [0.25, 0.3) is 5.91 Å². The Kier molecular flexibility index (Phi) is 3.78. The Morgan fingerprint density at radius 2 is 1.40 bits per heavy atom. The molecule has 0 unspecified atom stereocenters. The Bertz CT molecular complexity index is 922. The second-order valence-electron chi connectivity index (χ2n) is 5.73. The van der Waals surface area contributed by atoms with Crippen molar-refractivity contribution < 1.29 is 14.3 Å². The summed E-state index contributed by atoms with van der Waals surface area (Å²) in [5, 5.41) is 0. The van der Waals surface area contributed by atoms with E-state index in [4.69, 9.17) is 4.74 Å². The van der Waals surface area contributed by atoms with Gasteiger partial charge in [-0.2, -0.15) is 0 Å². The van der Waals surface area contributed by atoms with Gasteiger partial charge in [0.15, 0.2) is 0 Å². The molecule has 0 fully saturated rings. The number of carbonyl (C=O) groups excluding carboxylic acids is 2. The smallest absolute Gasteiger partial charge is 0.342 e. The second kappa shape index (κ2) is 6.24. The molecule has 4 nitrogen and oxygen atoms in total. The van der Waals surface area contributed by atoms with E-state index in [-0.39, 0.29) is 5.91 Å². The third kappa shape index (κ3) is 2.68. The Morgan fingerprint density at radius 1 is 0.800 bits per heavy atom. The molecule has 1 amide bonds. The van der Waals surface area contributed by atoms with E-state index < -0.39 is 12.2 Å². The van der Waals surface area contributed by atoms with E-state index in [2.05, 4.69) is 0 Å². The van der Waals surface area contributed by atoms with Crippen LogP contribution in [0.3, 0.4) is 0 Å². The van der Waals surface area contributed by atoms with Gasteiger partial charge in [0.05, 0.1) is 11.3 Å². The van der Waals surface area contributed by atoms with Crippen LogP contribution >= 0.6 is 0 Å². The number of para-hydroxylation sites is 1. The molecule has 1 heterocycles. The Labute approximate surface area is 145 Å². The average molecular weight is 329 g/mol. The number of esters is 1. The van der Waals surface area contributed by atoms with Crippen molar-refractivity contribution in [1.29, 1.82) is 0 Å². The maximum atomic E-state index is 13.2.